The number of aromatic nitrogens is 1. The predicted molar refractivity (Wildman–Crippen MR) is 67.3 cm³/mol. The topological polar surface area (TPSA) is 24.9 Å². The molecule has 0 amide bonds. The standard InChI is InChI=1S/C12H22N2S/c1-6-8(2)10(4)14-11(5)12-13-9(3)7-15-12/h7-8,10-11,14H,6H2,1-5H3. The van der Waals surface area contributed by atoms with E-state index in [4.69, 9.17) is 0 Å². The summed E-state index contributed by atoms with van der Waals surface area (Å²) in [5.41, 5.74) is 1.12. The SMILES string of the molecule is CCC(C)C(C)NC(C)c1nc(C)cs1. The highest BCUT2D eigenvalue weighted by Gasteiger charge is 2.15. The van der Waals surface area contributed by atoms with Crippen molar-refractivity contribution >= 4 is 11.3 Å². The summed E-state index contributed by atoms with van der Waals surface area (Å²) >= 11 is 1.75. The average molecular weight is 226 g/mol. The molecule has 0 aromatic carbocycles. The van der Waals surface area contributed by atoms with E-state index in [1.807, 2.05) is 6.92 Å². The lowest BCUT2D eigenvalue weighted by Crippen LogP contribution is -2.33. The Bertz CT molecular complexity index is 296. The van der Waals surface area contributed by atoms with Crippen LogP contribution >= 0.6 is 11.3 Å². The van der Waals surface area contributed by atoms with Gasteiger partial charge in [0.2, 0.25) is 0 Å². The van der Waals surface area contributed by atoms with Crippen LogP contribution in [0.1, 0.15) is 50.9 Å². The van der Waals surface area contributed by atoms with Crippen molar-refractivity contribution in [1.29, 1.82) is 0 Å². The van der Waals surface area contributed by atoms with Gasteiger partial charge >= 0.3 is 0 Å². The van der Waals surface area contributed by atoms with Gasteiger partial charge in [0, 0.05) is 17.1 Å². The molecule has 0 radical (unpaired) electrons. The molecule has 86 valence electrons. The van der Waals surface area contributed by atoms with Crippen LogP contribution in [0.3, 0.4) is 0 Å². The molecule has 1 aromatic rings. The Morgan fingerprint density at radius 3 is 2.53 bits per heavy atom. The van der Waals surface area contributed by atoms with E-state index >= 15 is 0 Å². The number of thiazole rings is 1. The molecule has 0 spiro atoms. The zero-order valence-corrected chi connectivity index (χ0v) is 11.2. The molecular formula is C12H22N2S. The highest BCUT2D eigenvalue weighted by atomic mass is 32.1. The summed E-state index contributed by atoms with van der Waals surface area (Å²) < 4.78 is 0. The zero-order chi connectivity index (χ0) is 11.4. The van der Waals surface area contributed by atoms with Crippen LogP contribution in [0.25, 0.3) is 0 Å². The monoisotopic (exact) mass is 226 g/mol. The Kier molecular flexibility index (Phi) is 4.74. The van der Waals surface area contributed by atoms with Crippen LogP contribution in [-0.2, 0) is 0 Å². The third kappa shape index (κ3) is 3.58. The minimum Gasteiger partial charge on any atom is -0.305 e. The maximum Gasteiger partial charge on any atom is 0.110 e. The molecular weight excluding hydrogens is 204 g/mol. The van der Waals surface area contributed by atoms with Crippen LogP contribution in [0.15, 0.2) is 5.38 Å². The highest BCUT2D eigenvalue weighted by Crippen LogP contribution is 2.19. The lowest BCUT2D eigenvalue weighted by Gasteiger charge is -2.23. The molecule has 0 saturated heterocycles. The summed E-state index contributed by atoms with van der Waals surface area (Å²) in [4.78, 5) is 4.50. The van der Waals surface area contributed by atoms with Crippen LogP contribution in [0.2, 0.25) is 0 Å². The number of hydrogen-bond acceptors (Lipinski definition) is 3. The van der Waals surface area contributed by atoms with E-state index in [9.17, 15) is 0 Å². The Labute approximate surface area is 97.1 Å². The van der Waals surface area contributed by atoms with Crippen molar-refractivity contribution in [3.05, 3.63) is 16.1 Å². The third-order valence-corrected chi connectivity index (χ3v) is 4.16. The van der Waals surface area contributed by atoms with Gasteiger partial charge in [0.15, 0.2) is 0 Å². The van der Waals surface area contributed by atoms with Gasteiger partial charge < -0.3 is 5.32 Å². The summed E-state index contributed by atoms with van der Waals surface area (Å²) in [6.07, 6.45) is 1.22. The molecule has 2 nitrogen and oxygen atoms in total. The minimum absolute atomic E-state index is 0.368. The average Bonchev–Trinajstić information content (AvgIpc) is 2.63. The van der Waals surface area contributed by atoms with Gasteiger partial charge in [0.25, 0.3) is 0 Å². The normalized spacial score (nSPS) is 17.4. The quantitative estimate of drug-likeness (QED) is 0.830. The van der Waals surface area contributed by atoms with Gasteiger partial charge in [-0.15, -0.1) is 11.3 Å². The molecule has 1 aromatic heterocycles. The number of aryl methyl sites for hydroxylation is 1. The molecule has 3 heteroatoms. The Morgan fingerprint density at radius 1 is 1.40 bits per heavy atom. The second kappa shape index (κ2) is 5.61. The minimum atomic E-state index is 0.368. The van der Waals surface area contributed by atoms with E-state index in [-0.39, 0.29) is 0 Å². The number of nitrogens with one attached hydrogen (secondary N) is 1. The second-order valence-electron chi connectivity index (χ2n) is 4.39. The first kappa shape index (κ1) is 12.7. The van der Waals surface area contributed by atoms with Crippen molar-refractivity contribution in [2.24, 2.45) is 5.92 Å². The summed E-state index contributed by atoms with van der Waals surface area (Å²) in [5.74, 6) is 0.716. The number of nitrogens with zero attached hydrogens (tertiary/aromatic N) is 1. The lowest BCUT2D eigenvalue weighted by molar-refractivity contribution is 0.360. The molecule has 0 saturated carbocycles. The van der Waals surface area contributed by atoms with Gasteiger partial charge in [-0.2, -0.15) is 0 Å². The van der Waals surface area contributed by atoms with Crippen molar-refractivity contribution in [3.8, 4) is 0 Å². The first-order chi connectivity index (χ1) is 7.04. The molecule has 15 heavy (non-hydrogen) atoms. The van der Waals surface area contributed by atoms with Gasteiger partial charge in [-0.1, -0.05) is 20.3 Å². The molecule has 3 atom stereocenters. The van der Waals surface area contributed by atoms with E-state index in [1.54, 1.807) is 11.3 Å². The highest BCUT2D eigenvalue weighted by molar-refractivity contribution is 7.09. The summed E-state index contributed by atoms with van der Waals surface area (Å²) in [6, 6.07) is 0.918. The van der Waals surface area contributed by atoms with Gasteiger partial charge in [0.1, 0.15) is 5.01 Å². The third-order valence-electron chi connectivity index (χ3n) is 3.02. The van der Waals surface area contributed by atoms with Crippen LogP contribution in [0.5, 0.6) is 0 Å². The molecule has 0 aliphatic heterocycles. The van der Waals surface area contributed by atoms with Crippen LogP contribution in [-0.4, -0.2) is 11.0 Å². The van der Waals surface area contributed by atoms with Gasteiger partial charge in [-0.05, 0) is 26.7 Å². The fourth-order valence-electron chi connectivity index (χ4n) is 1.55. The summed E-state index contributed by atoms with van der Waals surface area (Å²) in [6.45, 7) is 11.0. The van der Waals surface area contributed by atoms with Crippen LogP contribution < -0.4 is 5.32 Å². The molecule has 0 fully saturated rings. The van der Waals surface area contributed by atoms with E-state index < -0.39 is 0 Å². The van der Waals surface area contributed by atoms with Gasteiger partial charge in [0.05, 0.1) is 6.04 Å². The molecule has 1 N–H and O–H groups in total. The van der Waals surface area contributed by atoms with Gasteiger partial charge in [-0.25, -0.2) is 4.98 Å². The van der Waals surface area contributed by atoms with Crippen molar-refractivity contribution < 1.29 is 0 Å². The Balaban J connectivity index is 2.52. The van der Waals surface area contributed by atoms with Gasteiger partial charge in [-0.3, -0.25) is 0 Å². The maximum atomic E-state index is 4.50. The molecule has 1 heterocycles. The molecule has 0 aliphatic rings. The largest absolute Gasteiger partial charge is 0.305 e. The fraction of sp³-hybridized carbons (Fsp3) is 0.750. The first-order valence-corrected chi connectivity index (χ1v) is 6.60. The fourth-order valence-corrected chi connectivity index (χ4v) is 2.37. The van der Waals surface area contributed by atoms with E-state index in [1.165, 1.54) is 11.4 Å². The number of rotatable bonds is 5. The van der Waals surface area contributed by atoms with E-state index in [0.29, 0.717) is 18.0 Å². The van der Waals surface area contributed by atoms with Crippen molar-refractivity contribution in [3.63, 3.8) is 0 Å². The maximum absolute atomic E-state index is 4.50. The van der Waals surface area contributed by atoms with Crippen LogP contribution in [0, 0.1) is 12.8 Å². The Hall–Kier alpha value is -0.410. The molecule has 0 bridgehead atoms. The predicted octanol–water partition coefficient (Wildman–Crippen LogP) is 3.54. The smallest absolute Gasteiger partial charge is 0.110 e. The summed E-state index contributed by atoms with van der Waals surface area (Å²) in [5, 5.41) is 6.92. The second-order valence-corrected chi connectivity index (χ2v) is 5.28. The first-order valence-electron chi connectivity index (χ1n) is 5.72. The van der Waals surface area contributed by atoms with Crippen LogP contribution in [0.4, 0.5) is 0 Å². The molecule has 3 unspecified atom stereocenters. The van der Waals surface area contributed by atoms with E-state index in [0.717, 1.165) is 5.69 Å². The van der Waals surface area contributed by atoms with Crippen molar-refractivity contribution in [1.82, 2.24) is 10.3 Å². The molecule has 1 rings (SSSR count). The number of hydrogen-bond donors (Lipinski definition) is 1. The van der Waals surface area contributed by atoms with E-state index in [2.05, 4.69) is 43.4 Å². The lowest BCUT2D eigenvalue weighted by atomic mass is 10.0. The molecule has 0 aliphatic carbocycles. The zero-order valence-electron chi connectivity index (χ0n) is 10.4. The Morgan fingerprint density at radius 2 is 2.07 bits per heavy atom. The van der Waals surface area contributed by atoms with Crippen molar-refractivity contribution in [2.75, 3.05) is 0 Å². The summed E-state index contributed by atoms with van der Waals surface area (Å²) in [7, 11) is 0. The van der Waals surface area contributed by atoms with Crippen molar-refractivity contribution in [2.45, 2.75) is 53.1 Å².